The minimum absolute atomic E-state index is 0.0370. The third-order valence-electron chi connectivity index (χ3n) is 5.47. The van der Waals surface area contributed by atoms with Crippen molar-refractivity contribution in [3.05, 3.63) is 70.2 Å². The molecule has 3 atom stereocenters. The molecule has 0 N–H and O–H groups in total. The van der Waals surface area contributed by atoms with Gasteiger partial charge < -0.3 is 0 Å². The summed E-state index contributed by atoms with van der Waals surface area (Å²) < 4.78 is 0. The Balaban J connectivity index is 1.62. The Hall–Kier alpha value is -2.11. The summed E-state index contributed by atoms with van der Waals surface area (Å²) in [6.45, 7) is 1.90. The van der Waals surface area contributed by atoms with Crippen molar-refractivity contribution in [1.82, 2.24) is 5.01 Å². The number of benzene rings is 2. The van der Waals surface area contributed by atoms with Gasteiger partial charge in [0.1, 0.15) is 0 Å². The molecule has 27 heavy (non-hydrogen) atoms. The molecule has 0 radical (unpaired) electrons. The zero-order valence-electron chi connectivity index (χ0n) is 14.8. The van der Waals surface area contributed by atoms with Gasteiger partial charge in [-0.2, -0.15) is 10.1 Å². The fourth-order valence-corrected chi connectivity index (χ4v) is 5.14. The van der Waals surface area contributed by atoms with E-state index in [2.05, 4.69) is 41.4 Å². The summed E-state index contributed by atoms with van der Waals surface area (Å²) in [5.41, 5.74) is 4.82. The molecule has 136 valence electrons. The molecule has 1 amide bonds. The summed E-state index contributed by atoms with van der Waals surface area (Å²) in [6, 6.07) is 16.5. The molecule has 0 saturated carbocycles. The lowest BCUT2D eigenvalue weighted by molar-refractivity contribution is -0.116. The van der Waals surface area contributed by atoms with Crippen LogP contribution in [0.25, 0.3) is 0 Å². The highest BCUT2D eigenvalue weighted by atomic mass is 35.5. The van der Waals surface area contributed by atoms with Crippen molar-refractivity contribution < 1.29 is 4.79 Å². The SMILES string of the molecule is CC1SC(N2N=C3c4ccccc4CC[C@H]3[C@H]2c2ccc(Cl)cc2)=NC1=O. The molecule has 1 unspecified atom stereocenters. The molecular weight excluding hydrogens is 378 g/mol. The van der Waals surface area contributed by atoms with Crippen LogP contribution in [-0.4, -0.2) is 27.0 Å². The van der Waals surface area contributed by atoms with Crippen molar-refractivity contribution in [3.63, 3.8) is 0 Å². The number of carbonyl (C=O) groups excluding carboxylic acids is 1. The lowest BCUT2D eigenvalue weighted by Crippen LogP contribution is -2.30. The molecule has 4 nitrogen and oxygen atoms in total. The minimum Gasteiger partial charge on any atom is -0.271 e. The first-order chi connectivity index (χ1) is 13.1. The van der Waals surface area contributed by atoms with E-state index in [4.69, 9.17) is 16.7 Å². The summed E-state index contributed by atoms with van der Waals surface area (Å²) in [6.07, 6.45) is 2.06. The van der Waals surface area contributed by atoms with Crippen LogP contribution in [0.5, 0.6) is 0 Å². The smallest absolute Gasteiger partial charge is 0.261 e. The van der Waals surface area contributed by atoms with Gasteiger partial charge in [-0.05, 0) is 43.0 Å². The van der Waals surface area contributed by atoms with Crippen LogP contribution in [-0.2, 0) is 11.2 Å². The Morgan fingerprint density at radius 2 is 1.93 bits per heavy atom. The highest BCUT2D eigenvalue weighted by Crippen LogP contribution is 2.45. The Kier molecular flexibility index (Phi) is 4.10. The quantitative estimate of drug-likeness (QED) is 0.704. The molecule has 0 bridgehead atoms. The van der Waals surface area contributed by atoms with Crippen LogP contribution in [0.2, 0.25) is 5.02 Å². The van der Waals surface area contributed by atoms with Crippen LogP contribution < -0.4 is 0 Å². The van der Waals surface area contributed by atoms with Gasteiger partial charge in [0.25, 0.3) is 5.91 Å². The van der Waals surface area contributed by atoms with Gasteiger partial charge in [0.2, 0.25) is 0 Å². The zero-order chi connectivity index (χ0) is 18.5. The molecule has 0 fully saturated rings. The predicted molar refractivity (Wildman–Crippen MR) is 110 cm³/mol. The number of hydrogen-bond acceptors (Lipinski definition) is 4. The van der Waals surface area contributed by atoms with E-state index in [1.54, 1.807) is 0 Å². The number of rotatable bonds is 1. The molecule has 2 aromatic carbocycles. The fourth-order valence-electron chi connectivity index (χ4n) is 4.14. The highest BCUT2D eigenvalue weighted by molar-refractivity contribution is 8.15. The fraction of sp³-hybridized carbons (Fsp3) is 0.286. The summed E-state index contributed by atoms with van der Waals surface area (Å²) in [5, 5.41) is 8.23. The van der Waals surface area contributed by atoms with E-state index in [0.29, 0.717) is 5.17 Å². The van der Waals surface area contributed by atoms with Crippen molar-refractivity contribution in [1.29, 1.82) is 0 Å². The van der Waals surface area contributed by atoms with E-state index in [0.717, 1.165) is 29.1 Å². The van der Waals surface area contributed by atoms with Gasteiger partial charge in [0.15, 0.2) is 5.17 Å². The summed E-state index contributed by atoms with van der Waals surface area (Å²) in [5.74, 6) is 0.190. The van der Waals surface area contributed by atoms with Crippen LogP contribution >= 0.6 is 23.4 Å². The van der Waals surface area contributed by atoms with Crippen molar-refractivity contribution in [2.24, 2.45) is 16.0 Å². The maximum Gasteiger partial charge on any atom is 0.261 e. The Morgan fingerprint density at radius 3 is 2.67 bits per heavy atom. The second-order valence-corrected chi connectivity index (χ2v) is 8.87. The number of amides is 1. The second-order valence-electron chi connectivity index (χ2n) is 7.12. The number of carbonyl (C=O) groups is 1. The van der Waals surface area contributed by atoms with E-state index in [1.165, 1.54) is 22.9 Å². The molecule has 0 aromatic heterocycles. The van der Waals surface area contributed by atoms with Crippen molar-refractivity contribution in [2.75, 3.05) is 0 Å². The number of nitrogens with zero attached hydrogens (tertiary/aromatic N) is 3. The number of hydrogen-bond donors (Lipinski definition) is 0. The van der Waals surface area contributed by atoms with Crippen LogP contribution in [0.3, 0.4) is 0 Å². The molecule has 2 heterocycles. The lowest BCUT2D eigenvalue weighted by atomic mass is 9.77. The standard InChI is InChI=1S/C21H18ClN3OS/c1-12-20(26)23-21(27-12)25-19(14-6-9-15(22)10-7-14)17-11-8-13-4-2-3-5-16(13)18(17)24-25/h2-7,9-10,12,17,19H,8,11H2,1H3/t12?,17-,19-/m1/s1. The Morgan fingerprint density at radius 1 is 1.15 bits per heavy atom. The van der Waals surface area contributed by atoms with Gasteiger partial charge in [-0.25, -0.2) is 5.01 Å². The molecule has 0 saturated heterocycles. The largest absolute Gasteiger partial charge is 0.271 e. The summed E-state index contributed by atoms with van der Waals surface area (Å²) in [7, 11) is 0. The average molecular weight is 396 g/mol. The number of aliphatic imine (C=N–C) groups is 1. The maximum atomic E-state index is 12.0. The van der Waals surface area contributed by atoms with E-state index in [-0.39, 0.29) is 23.1 Å². The first kappa shape index (κ1) is 17.0. The first-order valence-corrected chi connectivity index (χ1v) is 10.4. The maximum absolute atomic E-state index is 12.0. The normalized spacial score (nSPS) is 26.5. The minimum atomic E-state index is -0.152. The van der Waals surface area contributed by atoms with Gasteiger partial charge in [-0.3, -0.25) is 4.79 Å². The number of fused-ring (bicyclic) bond motifs is 3. The van der Waals surface area contributed by atoms with E-state index in [9.17, 15) is 4.79 Å². The molecular formula is C21H18ClN3OS. The predicted octanol–water partition coefficient (Wildman–Crippen LogP) is 4.68. The zero-order valence-corrected chi connectivity index (χ0v) is 16.4. The topological polar surface area (TPSA) is 45.0 Å². The van der Waals surface area contributed by atoms with Crippen LogP contribution in [0.1, 0.15) is 36.1 Å². The van der Waals surface area contributed by atoms with Gasteiger partial charge in [0.05, 0.1) is 17.0 Å². The molecule has 3 aliphatic rings. The molecule has 2 aromatic rings. The van der Waals surface area contributed by atoms with E-state index < -0.39 is 0 Å². The lowest BCUT2D eigenvalue weighted by Gasteiger charge is -2.30. The molecule has 2 aliphatic heterocycles. The van der Waals surface area contributed by atoms with Crippen LogP contribution in [0.15, 0.2) is 58.6 Å². The second kappa shape index (κ2) is 6.50. The Bertz CT molecular complexity index is 985. The monoisotopic (exact) mass is 395 g/mol. The van der Waals surface area contributed by atoms with Crippen molar-refractivity contribution in [3.8, 4) is 0 Å². The summed E-state index contributed by atoms with van der Waals surface area (Å²) in [4.78, 5) is 16.3. The van der Waals surface area contributed by atoms with Crippen LogP contribution in [0, 0.1) is 5.92 Å². The van der Waals surface area contributed by atoms with Crippen molar-refractivity contribution >= 4 is 40.1 Å². The number of amidine groups is 1. The van der Waals surface area contributed by atoms with Crippen LogP contribution in [0.4, 0.5) is 0 Å². The average Bonchev–Trinajstić information content (AvgIpc) is 3.23. The number of halogens is 1. The number of thioether (sulfide) groups is 1. The molecule has 5 rings (SSSR count). The van der Waals surface area contributed by atoms with Gasteiger partial charge >= 0.3 is 0 Å². The third kappa shape index (κ3) is 2.80. The van der Waals surface area contributed by atoms with Gasteiger partial charge in [-0.1, -0.05) is 59.8 Å². The molecule has 6 heteroatoms. The van der Waals surface area contributed by atoms with Gasteiger partial charge in [0, 0.05) is 16.5 Å². The molecule has 0 spiro atoms. The third-order valence-corrected chi connectivity index (χ3v) is 6.77. The Labute approximate surface area is 167 Å². The van der Waals surface area contributed by atoms with Gasteiger partial charge in [-0.15, -0.1) is 0 Å². The van der Waals surface area contributed by atoms with Crippen molar-refractivity contribution in [2.45, 2.75) is 31.1 Å². The highest BCUT2D eigenvalue weighted by Gasteiger charge is 2.44. The first-order valence-electron chi connectivity index (χ1n) is 9.12. The van der Waals surface area contributed by atoms with E-state index in [1.807, 2.05) is 24.1 Å². The van der Waals surface area contributed by atoms with E-state index >= 15 is 0 Å². The molecule has 1 aliphatic carbocycles. The number of hydrazone groups is 1. The summed E-state index contributed by atoms with van der Waals surface area (Å²) >= 11 is 7.60. The number of aryl methyl sites for hydroxylation is 1.